The molecular weight excluding hydrogens is 599 g/mol. The molecule has 5 N–H and O–H groups in total. The van der Waals surface area contributed by atoms with Crippen LogP contribution in [-0.2, 0) is 17.9 Å². The van der Waals surface area contributed by atoms with Gasteiger partial charge in [-0.05, 0) is 59.9 Å². The summed E-state index contributed by atoms with van der Waals surface area (Å²) in [6.07, 6.45) is 4.77. The number of aliphatic hydroxyl groups excluding tert-OH is 1. The maximum absolute atomic E-state index is 13.0. The monoisotopic (exact) mass is 632 g/mol. The van der Waals surface area contributed by atoms with Crippen molar-refractivity contribution in [2.24, 2.45) is 0 Å². The second kappa shape index (κ2) is 14.7. The molecule has 1 aliphatic heterocycles. The molecule has 1 fully saturated rings. The molecule has 5 rings (SSSR count). The van der Waals surface area contributed by atoms with Gasteiger partial charge in [0, 0.05) is 72.9 Å². The van der Waals surface area contributed by atoms with Gasteiger partial charge in [0.25, 0.3) is 5.91 Å². The van der Waals surface area contributed by atoms with E-state index in [1.165, 1.54) is 0 Å². The highest BCUT2D eigenvalue weighted by Crippen LogP contribution is 2.38. The van der Waals surface area contributed by atoms with Gasteiger partial charge in [0.05, 0.1) is 17.3 Å². The van der Waals surface area contributed by atoms with Gasteiger partial charge in [0.2, 0.25) is 5.91 Å². The zero-order chi connectivity index (χ0) is 31.1. The van der Waals surface area contributed by atoms with Crippen LogP contribution in [0.3, 0.4) is 0 Å². The maximum Gasteiger partial charge on any atom is 0.274 e. The first kappa shape index (κ1) is 31.6. The second-order valence-electron chi connectivity index (χ2n) is 10.6. The second-order valence-corrected chi connectivity index (χ2v) is 11.4. The van der Waals surface area contributed by atoms with Crippen LogP contribution >= 0.6 is 23.2 Å². The van der Waals surface area contributed by atoms with Crippen LogP contribution in [-0.4, -0.2) is 52.6 Å². The third kappa shape index (κ3) is 7.61. The molecule has 0 aliphatic carbocycles. The number of nitrogens with one attached hydrogen (secondary N) is 4. The van der Waals surface area contributed by atoms with Crippen LogP contribution in [0.2, 0.25) is 10.0 Å². The molecule has 2 aromatic heterocycles. The number of amides is 2. The summed E-state index contributed by atoms with van der Waals surface area (Å²) in [5.74, 6) is -0.223. The Bertz CT molecular complexity index is 1650. The number of carbonyl (C=O) groups is 2. The molecule has 0 radical (unpaired) electrons. The smallest absolute Gasteiger partial charge is 0.274 e. The van der Waals surface area contributed by atoms with Gasteiger partial charge in [-0.2, -0.15) is 0 Å². The molecule has 0 spiro atoms. The molecule has 4 aromatic rings. The Morgan fingerprint density at radius 3 is 2.64 bits per heavy atom. The van der Waals surface area contributed by atoms with Crippen molar-refractivity contribution in [2.45, 2.75) is 38.9 Å². The molecule has 1 atom stereocenters. The molecule has 3 heterocycles. The average Bonchev–Trinajstić information content (AvgIpc) is 3.44. The lowest BCUT2D eigenvalue weighted by Gasteiger charge is -2.16. The first-order valence-electron chi connectivity index (χ1n) is 14.4. The van der Waals surface area contributed by atoms with Gasteiger partial charge >= 0.3 is 0 Å². The lowest BCUT2D eigenvalue weighted by Crippen LogP contribution is -2.35. The lowest BCUT2D eigenvalue weighted by atomic mass is 9.97. The molecule has 2 aromatic carbocycles. The third-order valence-corrected chi connectivity index (χ3v) is 8.29. The number of nitrogens with zero attached hydrogens (tertiary/aromatic N) is 2. The Morgan fingerprint density at radius 2 is 1.91 bits per heavy atom. The molecule has 1 aliphatic rings. The number of halogens is 2. The number of carbonyl (C=O) groups excluding carboxylic acids is 2. The number of hydrogen-bond donors (Lipinski definition) is 5. The van der Waals surface area contributed by atoms with Crippen LogP contribution in [0.5, 0.6) is 0 Å². The molecule has 228 valence electrons. The molecule has 9 nitrogen and oxygen atoms in total. The Morgan fingerprint density at radius 1 is 1.05 bits per heavy atom. The Kier molecular flexibility index (Phi) is 10.6. The summed E-state index contributed by atoms with van der Waals surface area (Å²) in [4.78, 5) is 33.3. The van der Waals surface area contributed by atoms with E-state index in [0.29, 0.717) is 59.7 Å². The van der Waals surface area contributed by atoms with E-state index < -0.39 is 0 Å². The Hall–Kier alpha value is -3.86. The minimum atomic E-state index is -0.321. The summed E-state index contributed by atoms with van der Waals surface area (Å²) in [5, 5.41) is 22.4. The number of benzene rings is 2. The molecule has 1 saturated heterocycles. The largest absolute Gasteiger partial charge is 0.395 e. The third-order valence-electron chi connectivity index (χ3n) is 7.55. The molecule has 11 heteroatoms. The van der Waals surface area contributed by atoms with E-state index in [2.05, 4.69) is 31.2 Å². The fourth-order valence-electron chi connectivity index (χ4n) is 5.13. The van der Waals surface area contributed by atoms with Gasteiger partial charge < -0.3 is 26.4 Å². The fraction of sp³-hybridized carbons (Fsp3) is 0.273. The van der Waals surface area contributed by atoms with Crippen molar-refractivity contribution in [3.8, 4) is 22.4 Å². The van der Waals surface area contributed by atoms with Crippen LogP contribution in [0.1, 0.15) is 40.0 Å². The first-order valence-corrected chi connectivity index (χ1v) is 15.2. The molecule has 2 amide bonds. The van der Waals surface area contributed by atoms with Crippen LogP contribution in [0, 0.1) is 6.92 Å². The van der Waals surface area contributed by atoms with Gasteiger partial charge in [0.1, 0.15) is 5.69 Å². The molecule has 0 saturated carbocycles. The fourth-order valence-corrected chi connectivity index (χ4v) is 5.70. The number of aliphatic hydroxyl groups is 1. The van der Waals surface area contributed by atoms with Crippen molar-refractivity contribution >= 4 is 40.7 Å². The number of hydrogen-bond acceptors (Lipinski definition) is 7. The highest BCUT2D eigenvalue weighted by atomic mass is 35.5. The predicted octanol–water partition coefficient (Wildman–Crippen LogP) is 5.13. The van der Waals surface area contributed by atoms with Crippen molar-refractivity contribution in [2.75, 3.05) is 25.0 Å². The number of rotatable bonds is 12. The van der Waals surface area contributed by atoms with Crippen molar-refractivity contribution in [3.05, 3.63) is 99.4 Å². The normalized spacial score (nSPS) is 14.5. The van der Waals surface area contributed by atoms with Gasteiger partial charge in [-0.3, -0.25) is 19.6 Å². The van der Waals surface area contributed by atoms with Crippen molar-refractivity contribution in [1.82, 2.24) is 25.9 Å². The average molecular weight is 634 g/mol. The maximum atomic E-state index is 13.0. The van der Waals surface area contributed by atoms with Crippen LogP contribution in [0.15, 0.2) is 67.0 Å². The molecular formula is C33H34Cl2N6O3. The predicted molar refractivity (Wildman–Crippen MR) is 174 cm³/mol. The Labute approximate surface area is 266 Å². The minimum Gasteiger partial charge on any atom is -0.395 e. The van der Waals surface area contributed by atoms with Crippen molar-refractivity contribution in [3.63, 3.8) is 0 Å². The quantitative estimate of drug-likeness (QED) is 0.137. The lowest BCUT2D eigenvalue weighted by molar-refractivity contribution is -0.119. The number of aromatic nitrogens is 2. The minimum absolute atomic E-state index is 0.0581. The van der Waals surface area contributed by atoms with E-state index in [9.17, 15) is 9.59 Å². The zero-order valence-electron chi connectivity index (χ0n) is 24.3. The SMILES string of the molecule is Cc1c(NC(=O)c2ccc(CNCCO)cn2)cccc1-c1ccnc(-c2ccc(CNCC3CCC(=O)N3)c(Cl)c2)c1Cl. The van der Waals surface area contributed by atoms with Gasteiger partial charge in [-0.15, -0.1) is 0 Å². The zero-order valence-corrected chi connectivity index (χ0v) is 25.8. The summed E-state index contributed by atoms with van der Waals surface area (Å²) in [6.45, 7) is 4.30. The van der Waals surface area contributed by atoms with Crippen molar-refractivity contribution in [1.29, 1.82) is 0 Å². The molecule has 44 heavy (non-hydrogen) atoms. The first-order chi connectivity index (χ1) is 21.3. The molecule has 0 bridgehead atoms. The van der Waals surface area contributed by atoms with Crippen molar-refractivity contribution < 1.29 is 14.7 Å². The standard InChI is InChI=1S/C33H34Cl2N6O3/c1-20-25(3-2-4-28(20)41-33(44)29-9-5-21(17-39-29)16-36-13-14-42)26-11-12-38-32(31(26)35)22-6-7-23(27(34)15-22)18-37-19-24-8-10-30(43)40-24/h2-7,9,11-12,15,17,24,36-37,42H,8,10,13-14,16,18-19H2,1H3,(H,40,43)(H,41,44). The number of anilines is 1. The topological polar surface area (TPSA) is 128 Å². The Balaban J connectivity index is 1.30. The summed E-state index contributed by atoms with van der Waals surface area (Å²) >= 11 is 13.6. The van der Waals surface area contributed by atoms with Gasteiger partial charge in [-0.25, -0.2) is 0 Å². The van der Waals surface area contributed by atoms with Gasteiger partial charge in [-0.1, -0.05) is 53.5 Å². The highest BCUT2D eigenvalue weighted by molar-refractivity contribution is 6.36. The summed E-state index contributed by atoms with van der Waals surface area (Å²) in [7, 11) is 0. The summed E-state index contributed by atoms with van der Waals surface area (Å²) in [5.41, 5.74) is 6.68. The van der Waals surface area contributed by atoms with Crippen LogP contribution in [0.4, 0.5) is 5.69 Å². The van der Waals surface area contributed by atoms with E-state index in [-0.39, 0.29) is 24.5 Å². The van der Waals surface area contributed by atoms with E-state index in [4.69, 9.17) is 28.3 Å². The highest BCUT2D eigenvalue weighted by Gasteiger charge is 2.20. The number of pyridine rings is 2. The van der Waals surface area contributed by atoms with E-state index in [1.807, 2.05) is 55.5 Å². The van der Waals surface area contributed by atoms with Gasteiger partial charge in [0.15, 0.2) is 0 Å². The van der Waals surface area contributed by atoms with E-state index >= 15 is 0 Å². The van der Waals surface area contributed by atoms with Crippen LogP contribution in [0.25, 0.3) is 22.4 Å². The van der Waals surface area contributed by atoms with E-state index in [1.54, 1.807) is 18.5 Å². The van der Waals surface area contributed by atoms with Crippen LogP contribution < -0.4 is 21.3 Å². The van der Waals surface area contributed by atoms with E-state index in [0.717, 1.165) is 39.8 Å². The molecule has 1 unspecified atom stereocenters. The summed E-state index contributed by atoms with van der Waals surface area (Å²) in [6, 6.07) is 16.9. The summed E-state index contributed by atoms with van der Waals surface area (Å²) < 4.78 is 0.